The molecule has 0 spiro atoms. The molecule has 0 atom stereocenters. The first kappa shape index (κ1) is 25.2. The maximum atomic E-state index is 12.4. The van der Waals surface area contributed by atoms with Crippen molar-refractivity contribution in [3.8, 4) is 17.2 Å². The Bertz CT molecular complexity index is 1300. The number of carbonyl (C=O) groups excluding carboxylic acids is 1. The van der Waals surface area contributed by atoms with Crippen LogP contribution in [0.1, 0.15) is 33.9 Å². The first-order valence-electron chi connectivity index (χ1n) is 11.7. The highest BCUT2D eigenvalue weighted by atomic mass is 32.1. The molecule has 1 amide bonds. The number of hydrogen-bond donors (Lipinski definition) is 2. The highest BCUT2D eigenvalue weighted by Gasteiger charge is 2.13. The van der Waals surface area contributed by atoms with Crippen LogP contribution in [-0.2, 0) is 35.4 Å². The van der Waals surface area contributed by atoms with Crippen LogP contribution in [0.3, 0.4) is 0 Å². The summed E-state index contributed by atoms with van der Waals surface area (Å²) in [5.41, 5.74) is 3.44. The lowest BCUT2D eigenvalue weighted by Crippen LogP contribution is -2.24. The average molecular weight is 505 g/mol. The molecule has 0 fully saturated rings. The van der Waals surface area contributed by atoms with Crippen LogP contribution in [0.5, 0.6) is 5.75 Å². The molecule has 2 aromatic heterocycles. The molecule has 0 saturated carbocycles. The van der Waals surface area contributed by atoms with Crippen molar-refractivity contribution in [3.63, 3.8) is 0 Å². The van der Waals surface area contributed by atoms with Gasteiger partial charge in [0.2, 0.25) is 11.8 Å². The van der Waals surface area contributed by atoms with E-state index in [-0.39, 0.29) is 12.3 Å². The van der Waals surface area contributed by atoms with E-state index in [4.69, 9.17) is 14.3 Å². The molecule has 0 aliphatic heterocycles. The molecule has 186 valence electrons. The van der Waals surface area contributed by atoms with Gasteiger partial charge in [-0.3, -0.25) is 9.59 Å². The minimum atomic E-state index is -0.848. The zero-order chi connectivity index (χ0) is 25.3. The van der Waals surface area contributed by atoms with Gasteiger partial charge in [0, 0.05) is 35.4 Å². The maximum Gasteiger partial charge on any atom is 0.303 e. The van der Waals surface area contributed by atoms with Crippen LogP contribution in [0.4, 0.5) is 0 Å². The Kier molecular flexibility index (Phi) is 8.52. The van der Waals surface area contributed by atoms with Crippen LogP contribution in [0.25, 0.3) is 11.5 Å². The Morgan fingerprint density at radius 2 is 1.92 bits per heavy atom. The van der Waals surface area contributed by atoms with E-state index in [0.29, 0.717) is 44.1 Å². The number of aliphatic carboxylic acids is 1. The fourth-order valence-electron chi connectivity index (χ4n) is 3.77. The highest BCUT2D eigenvalue weighted by Crippen LogP contribution is 2.24. The summed E-state index contributed by atoms with van der Waals surface area (Å²) >= 11 is 1.54. The molecule has 2 heterocycles. The fraction of sp³-hybridized carbons (Fsp3) is 0.250. The van der Waals surface area contributed by atoms with E-state index in [2.05, 4.69) is 10.3 Å². The quantitative estimate of drug-likeness (QED) is 0.275. The van der Waals surface area contributed by atoms with Crippen molar-refractivity contribution in [3.05, 3.63) is 93.5 Å². The third-order valence-electron chi connectivity index (χ3n) is 5.65. The molecule has 0 saturated heterocycles. The van der Waals surface area contributed by atoms with E-state index in [0.717, 1.165) is 33.0 Å². The van der Waals surface area contributed by atoms with E-state index >= 15 is 0 Å². The predicted molar refractivity (Wildman–Crippen MR) is 138 cm³/mol. The van der Waals surface area contributed by atoms with Crippen LogP contribution in [0.15, 0.2) is 70.5 Å². The van der Waals surface area contributed by atoms with Crippen molar-refractivity contribution >= 4 is 23.2 Å². The number of amides is 1. The van der Waals surface area contributed by atoms with Crippen molar-refractivity contribution < 1.29 is 23.8 Å². The van der Waals surface area contributed by atoms with Crippen LogP contribution < -0.4 is 10.1 Å². The molecule has 0 aliphatic carbocycles. The Labute approximate surface area is 213 Å². The number of aryl methyl sites for hydroxylation is 2. The number of nitrogens with one attached hydrogen (secondary N) is 1. The number of rotatable bonds is 12. The van der Waals surface area contributed by atoms with Gasteiger partial charge >= 0.3 is 5.97 Å². The van der Waals surface area contributed by atoms with Gasteiger partial charge in [-0.05, 0) is 48.6 Å². The number of carbonyl (C=O) groups is 2. The fourth-order valence-corrected chi connectivity index (χ4v) is 4.47. The van der Waals surface area contributed by atoms with Crippen LogP contribution in [0, 0.1) is 6.92 Å². The van der Waals surface area contributed by atoms with Crippen molar-refractivity contribution in [2.24, 2.45) is 0 Å². The molecule has 0 bridgehead atoms. The third kappa shape index (κ3) is 7.05. The molecule has 2 aromatic carbocycles. The summed E-state index contributed by atoms with van der Waals surface area (Å²) in [7, 11) is 0. The second-order valence-corrected chi connectivity index (χ2v) is 9.39. The summed E-state index contributed by atoms with van der Waals surface area (Å²) in [6.45, 7) is 2.56. The van der Waals surface area contributed by atoms with E-state index in [9.17, 15) is 9.59 Å². The van der Waals surface area contributed by atoms with Crippen molar-refractivity contribution in [1.82, 2.24) is 10.3 Å². The van der Waals surface area contributed by atoms with Crippen molar-refractivity contribution in [2.75, 3.05) is 6.61 Å². The van der Waals surface area contributed by atoms with Crippen molar-refractivity contribution in [1.29, 1.82) is 0 Å². The predicted octanol–water partition coefficient (Wildman–Crippen LogP) is 5.21. The molecule has 4 rings (SSSR count). The largest absolute Gasteiger partial charge is 0.493 e. The van der Waals surface area contributed by atoms with Crippen molar-refractivity contribution in [2.45, 2.75) is 39.2 Å². The van der Waals surface area contributed by atoms with Crippen LogP contribution in [0.2, 0.25) is 0 Å². The zero-order valence-electron chi connectivity index (χ0n) is 20.0. The number of carboxylic acids is 1. The number of oxazole rings is 1. The number of aromatic nitrogens is 1. The molecule has 0 radical (unpaired) electrons. The lowest BCUT2D eigenvalue weighted by Gasteiger charge is -2.14. The summed E-state index contributed by atoms with van der Waals surface area (Å²) in [4.78, 5) is 29.0. The average Bonchev–Trinajstić information content (AvgIpc) is 3.52. The standard InChI is InChI=1S/C28H28N2O5S/c1-19-24(30-28(35-19)21-6-3-2-4-7-21)13-14-34-25-11-9-20(10-12-27(32)33)16-22(25)18-29-26(31)17-23-8-5-15-36-23/h2-9,11,15-16H,10,12-14,17-18H2,1H3,(H,29,31)(H,32,33). The van der Waals surface area contributed by atoms with Gasteiger partial charge in [-0.2, -0.15) is 0 Å². The summed E-state index contributed by atoms with van der Waals surface area (Å²) < 4.78 is 11.9. The zero-order valence-corrected chi connectivity index (χ0v) is 20.8. The van der Waals surface area contributed by atoms with Gasteiger partial charge in [-0.15, -0.1) is 11.3 Å². The number of benzene rings is 2. The van der Waals surface area contributed by atoms with E-state index in [1.165, 1.54) is 0 Å². The molecular weight excluding hydrogens is 476 g/mol. The molecule has 2 N–H and O–H groups in total. The minimum Gasteiger partial charge on any atom is -0.493 e. The summed E-state index contributed by atoms with van der Waals surface area (Å²) in [6.07, 6.45) is 1.33. The van der Waals surface area contributed by atoms with E-state index in [1.54, 1.807) is 11.3 Å². The lowest BCUT2D eigenvalue weighted by atomic mass is 10.1. The second-order valence-electron chi connectivity index (χ2n) is 8.36. The summed E-state index contributed by atoms with van der Waals surface area (Å²) in [5.74, 6) is 1.06. The topological polar surface area (TPSA) is 102 Å². The summed E-state index contributed by atoms with van der Waals surface area (Å²) in [6, 6.07) is 19.2. The number of carboxylic acid groups (broad SMARTS) is 1. The second kappa shape index (κ2) is 12.2. The minimum absolute atomic E-state index is 0.0412. The lowest BCUT2D eigenvalue weighted by molar-refractivity contribution is -0.137. The Hall–Kier alpha value is -3.91. The van der Waals surface area contributed by atoms with Gasteiger partial charge in [0.25, 0.3) is 0 Å². The molecular formula is C28H28N2O5S. The normalized spacial score (nSPS) is 10.8. The SMILES string of the molecule is Cc1oc(-c2ccccc2)nc1CCOc1ccc(CCC(=O)O)cc1CNC(=O)Cc1cccs1. The van der Waals surface area contributed by atoms with Crippen LogP contribution in [-0.4, -0.2) is 28.6 Å². The molecule has 8 heteroatoms. The summed E-state index contributed by atoms with van der Waals surface area (Å²) in [5, 5.41) is 13.9. The smallest absolute Gasteiger partial charge is 0.303 e. The first-order chi connectivity index (χ1) is 17.5. The Balaban J connectivity index is 1.41. The van der Waals surface area contributed by atoms with E-state index in [1.807, 2.05) is 73.0 Å². The Morgan fingerprint density at radius 3 is 2.67 bits per heavy atom. The van der Waals surface area contributed by atoms with Gasteiger partial charge in [0.1, 0.15) is 11.5 Å². The third-order valence-corrected chi connectivity index (χ3v) is 6.53. The van der Waals surface area contributed by atoms with Gasteiger partial charge in [-0.25, -0.2) is 4.98 Å². The monoisotopic (exact) mass is 504 g/mol. The number of hydrogen-bond acceptors (Lipinski definition) is 6. The number of nitrogens with zero attached hydrogens (tertiary/aromatic N) is 1. The first-order valence-corrected chi connectivity index (χ1v) is 12.6. The van der Waals surface area contributed by atoms with E-state index < -0.39 is 5.97 Å². The molecule has 4 aromatic rings. The maximum absolute atomic E-state index is 12.4. The van der Waals surface area contributed by atoms with Crippen LogP contribution >= 0.6 is 11.3 Å². The number of thiophene rings is 1. The van der Waals surface area contributed by atoms with Gasteiger partial charge in [0.05, 0.1) is 18.7 Å². The number of ether oxygens (including phenoxy) is 1. The van der Waals surface area contributed by atoms with Gasteiger partial charge < -0.3 is 19.6 Å². The molecule has 0 unspecified atom stereocenters. The van der Waals surface area contributed by atoms with Gasteiger partial charge in [0.15, 0.2) is 0 Å². The highest BCUT2D eigenvalue weighted by molar-refractivity contribution is 7.10. The molecule has 36 heavy (non-hydrogen) atoms. The Morgan fingerprint density at radius 1 is 1.08 bits per heavy atom. The van der Waals surface area contributed by atoms with Gasteiger partial charge in [-0.1, -0.05) is 36.4 Å². The molecule has 0 aliphatic rings. The molecule has 7 nitrogen and oxygen atoms in total.